The topological polar surface area (TPSA) is 92.3 Å². The first-order valence-corrected chi connectivity index (χ1v) is 9.71. The molecule has 1 aliphatic carbocycles. The van der Waals surface area contributed by atoms with Crippen molar-refractivity contribution in [3.05, 3.63) is 35.8 Å². The van der Waals surface area contributed by atoms with Crippen molar-refractivity contribution >= 4 is 22.6 Å². The molecule has 0 radical (unpaired) electrons. The zero-order valence-electron chi connectivity index (χ0n) is 16.6. The normalized spacial score (nSPS) is 16.4. The van der Waals surface area contributed by atoms with Gasteiger partial charge in [0.15, 0.2) is 0 Å². The van der Waals surface area contributed by atoms with Gasteiger partial charge in [-0.15, -0.1) is 0 Å². The molecule has 148 valence electrons. The number of esters is 1. The van der Waals surface area contributed by atoms with E-state index in [9.17, 15) is 14.9 Å². The molecule has 0 aliphatic heterocycles. The fraction of sp³-hybridized carbons (Fsp3) is 0.500. The highest BCUT2D eigenvalue weighted by atomic mass is 16.5. The van der Waals surface area contributed by atoms with Gasteiger partial charge in [0.2, 0.25) is 0 Å². The largest absolute Gasteiger partial charge is 0.471 e. The number of hydrogen-bond acceptors (Lipinski definition) is 5. The van der Waals surface area contributed by atoms with E-state index in [1.54, 1.807) is 12.1 Å². The number of nitriles is 1. The van der Waals surface area contributed by atoms with E-state index in [1.165, 1.54) is 18.9 Å². The van der Waals surface area contributed by atoms with Crippen molar-refractivity contribution in [2.75, 3.05) is 0 Å². The molecule has 0 bridgehead atoms. The van der Waals surface area contributed by atoms with E-state index in [2.05, 4.69) is 5.32 Å². The summed E-state index contributed by atoms with van der Waals surface area (Å²) < 4.78 is 10.9. The molecule has 2 aromatic rings. The van der Waals surface area contributed by atoms with Gasteiger partial charge in [-0.1, -0.05) is 27.2 Å². The molecule has 1 N–H and O–H groups in total. The fourth-order valence-corrected chi connectivity index (χ4v) is 3.63. The smallest absolute Gasteiger partial charge is 0.329 e. The zero-order valence-corrected chi connectivity index (χ0v) is 16.6. The van der Waals surface area contributed by atoms with Crippen molar-refractivity contribution in [2.45, 2.75) is 65.0 Å². The van der Waals surface area contributed by atoms with Crippen LogP contribution in [0.5, 0.6) is 0 Å². The summed E-state index contributed by atoms with van der Waals surface area (Å²) in [7, 11) is 0. The van der Waals surface area contributed by atoms with Crippen LogP contribution in [-0.2, 0) is 9.53 Å². The number of nitrogens with zero attached hydrogens (tertiary/aromatic N) is 1. The van der Waals surface area contributed by atoms with E-state index in [4.69, 9.17) is 9.15 Å². The lowest BCUT2D eigenvalue weighted by Gasteiger charge is -2.32. The number of carbonyl (C=O) groups excluding carboxylic acids is 2. The Morgan fingerprint density at radius 3 is 2.57 bits per heavy atom. The molecule has 1 unspecified atom stereocenters. The minimum Gasteiger partial charge on any atom is -0.471 e. The molecule has 1 aliphatic rings. The van der Waals surface area contributed by atoms with Crippen molar-refractivity contribution in [3.63, 3.8) is 0 Å². The van der Waals surface area contributed by atoms with Crippen LogP contribution >= 0.6 is 0 Å². The first kappa shape index (κ1) is 19.9. The predicted molar refractivity (Wildman–Crippen MR) is 105 cm³/mol. The summed E-state index contributed by atoms with van der Waals surface area (Å²) in [5.41, 5.74) is -0.0911. The molecule has 3 rings (SSSR count). The Hall–Kier alpha value is -2.81. The number of rotatable bonds is 4. The third-order valence-corrected chi connectivity index (χ3v) is 5.22. The molecule has 1 fully saturated rings. The molecule has 1 aromatic heterocycles. The summed E-state index contributed by atoms with van der Waals surface area (Å²) in [6.07, 6.45) is 7.88. The number of nitrogens with one attached hydrogen (secondary N) is 1. The van der Waals surface area contributed by atoms with Crippen LogP contribution in [0.15, 0.2) is 29.1 Å². The summed E-state index contributed by atoms with van der Waals surface area (Å²) in [5, 5.41) is 13.5. The Balaban J connectivity index is 1.85. The van der Waals surface area contributed by atoms with Gasteiger partial charge in [0.1, 0.15) is 12.1 Å². The van der Waals surface area contributed by atoms with E-state index in [0.29, 0.717) is 5.39 Å². The molecule has 1 amide bonds. The number of benzene rings is 1. The second-order valence-corrected chi connectivity index (χ2v) is 8.44. The number of amides is 1. The highest BCUT2D eigenvalue weighted by molar-refractivity contribution is 6.09. The maximum absolute atomic E-state index is 13.1. The second-order valence-electron chi connectivity index (χ2n) is 8.44. The van der Waals surface area contributed by atoms with Crippen LogP contribution in [0, 0.1) is 16.7 Å². The fourth-order valence-electron chi connectivity index (χ4n) is 3.63. The van der Waals surface area contributed by atoms with Crippen LogP contribution in [0.1, 0.15) is 68.8 Å². The van der Waals surface area contributed by atoms with Crippen LogP contribution in [0.3, 0.4) is 0 Å². The van der Waals surface area contributed by atoms with Gasteiger partial charge in [-0.05, 0) is 43.2 Å². The molecule has 6 heteroatoms. The van der Waals surface area contributed by atoms with E-state index < -0.39 is 23.3 Å². The van der Waals surface area contributed by atoms with Gasteiger partial charge >= 0.3 is 5.97 Å². The minimum atomic E-state index is -0.823. The molecule has 6 nitrogen and oxygen atoms in total. The molecule has 0 spiro atoms. The van der Waals surface area contributed by atoms with Crippen molar-refractivity contribution < 1.29 is 18.7 Å². The lowest BCUT2D eigenvalue weighted by molar-refractivity contribution is -0.155. The lowest BCUT2D eigenvalue weighted by atomic mass is 9.86. The minimum absolute atomic E-state index is 0.0880. The third-order valence-electron chi connectivity index (χ3n) is 5.22. The van der Waals surface area contributed by atoms with Gasteiger partial charge in [-0.3, -0.25) is 4.79 Å². The van der Waals surface area contributed by atoms with Gasteiger partial charge in [-0.2, -0.15) is 5.26 Å². The predicted octanol–water partition coefficient (Wildman–Crippen LogP) is 4.32. The first-order chi connectivity index (χ1) is 13.3. The van der Waals surface area contributed by atoms with Crippen molar-refractivity contribution in [3.8, 4) is 6.07 Å². The number of fused-ring (bicyclic) bond motifs is 1. The van der Waals surface area contributed by atoms with E-state index in [-0.39, 0.29) is 17.2 Å². The van der Waals surface area contributed by atoms with E-state index >= 15 is 0 Å². The van der Waals surface area contributed by atoms with Gasteiger partial charge in [0.05, 0.1) is 29.7 Å². The zero-order chi connectivity index (χ0) is 20.3. The quantitative estimate of drug-likeness (QED) is 0.795. The van der Waals surface area contributed by atoms with Crippen LogP contribution < -0.4 is 5.32 Å². The van der Waals surface area contributed by atoms with Crippen LogP contribution in [-0.4, -0.2) is 24.0 Å². The second kappa shape index (κ2) is 8.05. The summed E-state index contributed by atoms with van der Waals surface area (Å²) in [5.74, 6) is -0.908. The highest BCUT2D eigenvalue weighted by Gasteiger charge is 2.36. The van der Waals surface area contributed by atoms with Gasteiger partial charge in [-0.25, -0.2) is 4.79 Å². The summed E-state index contributed by atoms with van der Waals surface area (Å²) in [6.45, 7) is 5.64. The molecule has 1 heterocycles. The number of furan rings is 1. The van der Waals surface area contributed by atoms with Gasteiger partial charge in [0, 0.05) is 10.8 Å². The summed E-state index contributed by atoms with van der Waals surface area (Å²) in [6, 6.07) is 4.53. The average molecular weight is 382 g/mol. The van der Waals surface area contributed by atoms with Gasteiger partial charge in [0.25, 0.3) is 5.91 Å². The van der Waals surface area contributed by atoms with Crippen LogP contribution in [0.2, 0.25) is 0 Å². The van der Waals surface area contributed by atoms with Gasteiger partial charge < -0.3 is 14.5 Å². The maximum atomic E-state index is 13.1. The van der Waals surface area contributed by atoms with Crippen LogP contribution in [0.4, 0.5) is 0 Å². The lowest BCUT2D eigenvalue weighted by Crippen LogP contribution is -2.50. The summed E-state index contributed by atoms with van der Waals surface area (Å²) in [4.78, 5) is 26.0. The summed E-state index contributed by atoms with van der Waals surface area (Å²) >= 11 is 0. The molecular formula is C22H26N2O4. The Kier molecular flexibility index (Phi) is 5.73. The standard InChI is InChI=1S/C22H26N2O4/c1-22(2,3)19(21(26)28-16-7-5-4-6-8-16)24-20(25)18-14(11-23)9-10-15-12-27-13-17(15)18/h9-10,12-13,16,19H,4-8H2,1-3H3,(H,24,25). The molecular weight excluding hydrogens is 356 g/mol. The average Bonchev–Trinajstić information content (AvgIpc) is 3.13. The highest BCUT2D eigenvalue weighted by Crippen LogP contribution is 2.27. The Morgan fingerprint density at radius 1 is 1.21 bits per heavy atom. The van der Waals surface area contributed by atoms with Crippen LogP contribution in [0.25, 0.3) is 10.8 Å². The Bertz CT molecular complexity index is 911. The molecule has 1 aromatic carbocycles. The number of carbonyl (C=O) groups is 2. The Morgan fingerprint density at radius 2 is 1.93 bits per heavy atom. The van der Waals surface area contributed by atoms with E-state index in [0.717, 1.165) is 31.1 Å². The molecule has 1 saturated carbocycles. The number of hydrogen-bond donors (Lipinski definition) is 1. The third kappa shape index (κ3) is 4.19. The molecule has 28 heavy (non-hydrogen) atoms. The molecule has 0 saturated heterocycles. The van der Waals surface area contributed by atoms with E-state index in [1.807, 2.05) is 26.8 Å². The van der Waals surface area contributed by atoms with Crippen molar-refractivity contribution in [2.24, 2.45) is 5.41 Å². The number of ether oxygens (including phenoxy) is 1. The monoisotopic (exact) mass is 382 g/mol. The van der Waals surface area contributed by atoms with Crippen molar-refractivity contribution in [1.82, 2.24) is 5.32 Å². The molecule has 1 atom stereocenters. The first-order valence-electron chi connectivity index (χ1n) is 9.71. The van der Waals surface area contributed by atoms with Crippen molar-refractivity contribution in [1.29, 1.82) is 5.26 Å². The SMILES string of the molecule is CC(C)(C)C(NC(=O)c1c(C#N)ccc2cocc12)C(=O)OC1CCCCC1. The maximum Gasteiger partial charge on any atom is 0.329 e. The Labute approximate surface area is 164 Å².